The van der Waals surface area contributed by atoms with Crippen LogP contribution in [0.3, 0.4) is 0 Å². The van der Waals surface area contributed by atoms with E-state index in [1.54, 1.807) is 12.4 Å². The van der Waals surface area contributed by atoms with Crippen LogP contribution in [0.2, 0.25) is 0 Å². The van der Waals surface area contributed by atoms with E-state index in [-0.39, 0.29) is 20.1 Å². The molecular formula is C48H38IrN2O-2. The Morgan fingerprint density at radius 1 is 0.615 bits per heavy atom. The quantitative estimate of drug-likeness (QED) is 0.128. The topological polar surface area (TPSA) is 38.9 Å². The van der Waals surface area contributed by atoms with E-state index in [1.807, 2.05) is 56.3 Å². The SMILES string of the molecule is CC(C)c1ccc2c(c1)oc1c(-c3ccccn3)[c-]ccc12.[2H]C(C)(C)c1ccnc(-c2[c-]cc3c(c2)cc(-c2ccccc2)c2ccccc23)c1.[Ir]. The van der Waals surface area contributed by atoms with Crippen LogP contribution in [0.25, 0.3) is 77.1 Å². The summed E-state index contributed by atoms with van der Waals surface area (Å²) in [5.41, 5.74) is 10.1. The third-order valence-electron chi connectivity index (χ3n) is 9.53. The molecule has 0 atom stereocenters. The molecule has 0 aliphatic carbocycles. The molecule has 0 amide bonds. The zero-order valence-corrected chi connectivity index (χ0v) is 32.0. The fourth-order valence-corrected chi connectivity index (χ4v) is 6.76. The number of nitrogens with zero attached hydrogens (tertiary/aromatic N) is 2. The smallest absolute Gasteiger partial charge is 0.121 e. The van der Waals surface area contributed by atoms with Crippen molar-refractivity contribution in [2.75, 3.05) is 0 Å². The molecule has 257 valence electrons. The predicted molar refractivity (Wildman–Crippen MR) is 213 cm³/mol. The van der Waals surface area contributed by atoms with Gasteiger partial charge in [0.15, 0.2) is 0 Å². The number of furan rings is 1. The first kappa shape index (κ1) is 33.7. The molecule has 0 saturated heterocycles. The zero-order chi connectivity index (χ0) is 35.8. The van der Waals surface area contributed by atoms with Crippen LogP contribution in [0.4, 0.5) is 0 Å². The maximum Gasteiger partial charge on any atom is 0.121 e. The summed E-state index contributed by atoms with van der Waals surface area (Å²) in [5.74, 6) is -0.176. The molecule has 0 N–H and O–H groups in total. The fourth-order valence-electron chi connectivity index (χ4n) is 6.76. The molecule has 3 nitrogen and oxygen atoms in total. The van der Waals surface area contributed by atoms with Gasteiger partial charge in [-0.2, -0.15) is 0 Å². The summed E-state index contributed by atoms with van der Waals surface area (Å²) in [6, 6.07) is 52.5. The second-order valence-corrected chi connectivity index (χ2v) is 13.4. The van der Waals surface area contributed by atoms with Crippen LogP contribution in [-0.2, 0) is 20.1 Å². The summed E-state index contributed by atoms with van der Waals surface area (Å²) in [6.45, 7) is 8.18. The van der Waals surface area contributed by atoms with Gasteiger partial charge in [0.25, 0.3) is 0 Å². The maximum absolute atomic E-state index is 8.34. The first-order chi connectivity index (χ1) is 25.2. The molecule has 0 fully saturated rings. The van der Waals surface area contributed by atoms with Crippen molar-refractivity contribution in [2.24, 2.45) is 0 Å². The van der Waals surface area contributed by atoms with Crippen molar-refractivity contribution in [3.8, 4) is 33.6 Å². The Balaban J connectivity index is 0.000000168. The van der Waals surface area contributed by atoms with E-state index < -0.39 is 5.89 Å². The second-order valence-electron chi connectivity index (χ2n) is 13.4. The Morgan fingerprint density at radius 2 is 1.38 bits per heavy atom. The Labute approximate surface area is 320 Å². The standard InChI is InChI=1S/C28H22N.C20H16NO.Ir/c1-19(2)21-14-15-29-28(18-21)22-12-13-24-23(16-22)17-27(20-8-4-3-5-9-20)26-11-7-6-10-25(24)26;1-13(2)14-9-10-15-16-6-5-7-17(18-8-3-4-11-21-18)20(16)22-19(15)12-14;/h3-11,13-19H,1-2H3;3-6,8-13H,1-2H3;/q2*-1;/i19D;;. The van der Waals surface area contributed by atoms with Crippen LogP contribution < -0.4 is 0 Å². The van der Waals surface area contributed by atoms with Crippen molar-refractivity contribution < 1.29 is 25.9 Å². The van der Waals surface area contributed by atoms with E-state index >= 15 is 0 Å². The largest absolute Gasteiger partial charge is 0.501 e. The normalized spacial score (nSPS) is 11.8. The molecule has 3 aromatic heterocycles. The summed E-state index contributed by atoms with van der Waals surface area (Å²) in [5, 5.41) is 7.08. The molecule has 52 heavy (non-hydrogen) atoms. The molecule has 0 bridgehead atoms. The van der Waals surface area contributed by atoms with Gasteiger partial charge in [-0.25, -0.2) is 0 Å². The number of fused-ring (bicyclic) bond motifs is 6. The third-order valence-corrected chi connectivity index (χ3v) is 9.53. The molecule has 4 heteroatoms. The minimum Gasteiger partial charge on any atom is -0.501 e. The maximum atomic E-state index is 8.34. The molecule has 0 spiro atoms. The molecule has 3 heterocycles. The molecular weight excluding hydrogens is 813 g/mol. The van der Waals surface area contributed by atoms with Crippen molar-refractivity contribution in [2.45, 2.75) is 39.5 Å². The number of benzene rings is 6. The van der Waals surface area contributed by atoms with Crippen molar-refractivity contribution in [3.63, 3.8) is 0 Å². The zero-order valence-electron chi connectivity index (χ0n) is 30.6. The Bertz CT molecular complexity index is 2700. The molecule has 0 aliphatic heterocycles. The average molecular weight is 852 g/mol. The number of hydrogen-bond acceptors (Lipinski definition) is 3. The van der Waals surface area contributed by atoms with Crippen LogP contribution in [0.15, 0.2) is 150 Å². The van der Waals surface area contributed by atoms with Gasteiger partial charge in [-0.15, -0.1) is 42.0 Å². The van der Waals surface area contributed by atoms with Gasteiger partial charge in [-0.1, -0.05) is 151 Å². The molecule has 6 aromatic carbocycles. The Hall–Kier alpha value is -5.41. The molecule has 0 unspecified atom stereocenters. The molecule has 9 rings (SSSR count). The Kier molecular flexibility index (Phi) is 9.76. The first-order valence-electron chi connectivity index (χ1n) is 17.9. The van der Waals surface area contributed by atoms with Crippen LogP contribution in [0.1, 0.15) is 52.0 Å². The van der Waals surface area contributed by atoms with Crippen molar-refractivity contribution in [1.82, 2.24) is 9.97 Å². The number of aromatic nitrogens is 2. The summed E-state index contributed by atoms with van der Waals surface area (Å²) in [4.78, 5) is 8.98. The molecule has 1 radical (unpaired) electrons. The average Bonchev–Trinajstić information content (AvgIpc) is 3.56. The summed E-state index contributed by atoms with van der Waals surface area (Å²) in [6.07, 6.45) is 3.58. The van der Waals surface area contributed by atoms with E-state index in [1.165, 1.54) is 38.2 Å². The fraction of sp³-hybridized carbons (Fsp3) is 0.125. The minimum atomic E-state index is -0.661. The van der Waals surface area contributed by atoms with Gasteiger partial charge in [-0.3, -0.25) is 0 Å². The number of rotatable bonds is 5. The van der Waals surface area contributed by atoms with E-state index in [0.717, 1.165) is 50.0 Å². The Morgan fingerprint density at radius 3 is 2.15 bits per heavy atom. The third kappa shape index (κ3) is 6.80. The van der Waals surface area contributed by atoms with Gasteiger partial charge in [0, 0.05) is 39.3 Å². The van der Waals surface area contributed by atoms with E-state index in [0.29, 0.717) is 5.92 Å². The van der Waals surface area contributed by atoms with Crippen LogP contribution in [0.5, 0.6) is 0 Å². The molecule has 0 aliphatic rings. The minimum absolute atomic E-state index is 0. The number of hydrogen-bond donors (Lipinski definition) is 0. The monoisotopic (exact) mass is 852 g/mol. The summed E-state index contributed by atoms with van der Waals surface area (Å²) in [7, 11) is 0. The summed E-state index contributed by atoms with van der Waals surface area (Å²) >= 11 is 0. The van der Waals surface area contributed by atoms with Crippen LogP contribution >= 0.6 is 0 Å². The van der Waals surface area contributed by atoms with Gasteiger partial charge in [0.05, 0.1) is 5.58 Å². The first-order valence-corrected chi connectivity index (χ1v) is 17.4. The summed E-state index contributed by atoms with van der Waals surface area (Å²) < 4.78 is 14.5. The van der Waals surface area contributed by atoms with E-state index in [2.05, 4.69) is 127 Å². The van der Waals surface area contributed by atoms with Gasteiger partial charge >= 0.3 is 0 Å². The second kappa shape index (κ2) is 15.1. The van der Waals surface area contributed by atoms with E-state index in [9.17, 15) is 0 Å². The van der Waals surface area contributed by atoms with Crippen LogP contribution in [0, 0.1) is 12.1 Å². The number of pyridine rings is 2. The van der Waals surface area contributed by atoms with Gasteiger partial charge < -0.3 is 14.4 Å². The van der Waals surface area contributed by atoms with Gasteiger partial charge in [-0.05, 0) is 63.5 Å². The van der Waals surface area contributed by atoms with Gasteiger partial charge in [0.2, 0.25) is 0 Å². The van der Waals surface area contributed by atoms with Gasteiger partial charge in [0.1, 0.15) is 5.58 Å². The molecule has 0 saturated carbocycles. The van der Waals surface area contributed by atoms with Crippen molar-refractivity contribution in [3.05, 3.63) is 169 Å². The molecule has 9 aromatic rings. The van der Waals surface area contributed by atoms with E-state index in [4.69, 9.17) is 5.79 Å². The van der Waals surface area contributed by atoms with Crippen molar-refractivity contribution in [1.29, 1.82) is 0 Å². The van der Waals surface area contributed by atoms with Crippen molar-refractivity contribution >= 4 is 43.5 Å². The predicted octanol–water partition coefficient (Wildman–Crippen LogP) is 13.2. The van der Waals surface area contributed by atoms with Crippen LogP contribution in [-0.4, -0.2) is 9.97 Å².